The minimum absolute atomic E-state index is 1.07. The van der Waals surface area contributed by atoms with Gasteiger partial charge in [0.1, 0.15) is 0 Å². The molecule has 0 saturated heterocycles. The van der Waals surface area contributed by atoms with Crippen LogP contribution in [0.15, 0.2) is 218 Å². The van der Waals surface area contributed by atoms with E-state index in [0.29, 0.717) is 0 Å². The molecule has 2 aliphatic rings. The number of aromatic nitrogens is 3. The Kier molecular flexibility index (Phi) is 7.58. The van der Waals surface area contributed by atoms with Crippen molar-refractivity contribution in [3.05, 3.63) is 229 Å². The molecule has 3 heteroatoms. The van der Waals surface area contributed by atoms with Crippen LogP contribution in [0.3, 0.4) is 0 Å². The lowest BCUT2D eigenvalue weighted by Crippen LogP contribution is -1.96. The molecular weight excluding hydrogens is 775 g/mol. The monoisotopic (exact) mass is 815 g/mol. The van der Waals surface area contributed by atoms with Crippen molar-refractivity contribution in [2.75, 3.05) is 0 Å². The third-order valence-electron chi connectivity index (χ3n) is 14.1. The third-order valence-corrected chi connectivity index (χ3v) is 14.1. The Morgan fingerprint density at radius 1 is 0.328 bits per heavy atom. The van der Waals surface area contributed by atoms with Crippen LogP contribution in [0.2, 0.25) is 0 Å². The minimum atomic E-state index is 1.07. The van der Waals surface area contributed by atoms with E-state index in [1.54, 1.807) is 5.57 Å². The largest absolute Gasteiger partial charge is 0.309 e. The zero-order valence-electron chi connectivity index (χ0n) is 35.2. The van der Waals surface area contributed by atoms with Crippen molar-refractivity contribution >= 4 is 71.0 Å². The average Bonchev–Trinajstić information content (AvgIpc) is 4.10. The van der Waals surface area contributed by atoms with E-state index in [9.17, 15) is 0 Å². The quantitative estimate of drug-likeness (QED) is 0.164. The molecule has 14 rings (SSSR count). The SMILES string of the molecule is C1=CC2=C(CC1)Cc1ccc(-n3c4ccc(-c5ccc6c(c5)c5ccccc5n6-c5ccccc5)cc4c4cc(-c5ccc6c(c5)c5ccccc5n6-c5ccccc5)ccc43)cc12. The number of nitrogens with zero attached hydrogens (tertiary/aromatic N) is 3. The second-order valence-corrected chi connectivity index (χ2v) is 17.6. The lowest BCUT2D eigenvalue weighted by atomic mass is 9.98. The number of fused-ring (bicyclic) bond motifs is 11. The standard InChI is InChI=1S/C61H41N3/c1-3-14-45(15-4-1)62-56-21-11-9-19-49(56)52-34-39(24-29-58(52)62)41-26-31-60-54(36-41)55-37-42(27-32-61(55)64(60)47-28-23-44-33-43-13-7-8-18-48(43)51(44)38-47)40-25-30-59-53(35-40)50-20-10-12-22-57(50)63(59)46-16-5-2-6-17-46/h1-6,8-12,14-32,34-38H,7,13,33H2. The van der Waals surface area contributed by atoms with Gasteiger partial charge in [-0.15, -0.1) is 0 Å². The van der Waals surface area contributed by atoms with Crippen LogP contribution in [0.5, 0.6) is 0 Å². The number of rotatable bonds is 5. The van der Waals surface area contributed by atoms with Crippen molar-refractivity contribution in [1.82, 2.24) is 13.7 Å². The molecule has 0 aliphatic heterocycles. The fourth-order valence-electron chi connectivity index (χ4n) is 11.2. The topological polar surface area (TPSA) is 14.8 Å². The van der Waals surface area contributed by atoms with E-state index in [-0.39, 0.29) is 0 Å². The van der Waals surface area contributed by atoms with Gasteiger partial charge in [-0.3, -0.25) is 0 Å². The molecule has 0 spiro atoms. The number of allylic oxidation sites excluding steroid dienone is 4. The van der Waals surface area contributed by atoms with E-state index in [4.69, 9.17) is 0 Å². The predicted molar refractivity (Wildman–Crippen MR) is 269 cm³/mol. The van der Waals surface area contributed by atoms with Gasteiger partial charge >= 0.3 is 0 Å². The van der Waals surface area contributed by atoms with Gasteiger partial charge in [0.15, 0.2) is 0 Å². The van der Waals surface area contributed by atoms with E-state index in [1.165, 1.54) is 121 Å². The highest BCUT2D eigenvalue weighted by molar-refractivity contribution is 6.14. The molecule has 64 heavy (non-hydrogen) atoms. The van der Waals surface area contributed by atoms with E-state index < -0.39 is 0 Å². The first-order valence-corrected chi connectivity index (χ1v) is 22.5. The molecule has 0 fully saturated rings. The smallest absolute Gasteiger partial charge is 0.0541 e. The summed E-state index contributed by atoms with van der Waals surface area (Å²) in [5, 5.41) is 7.54. The van der Waals surface area contributed by atoms with Crippen molar-refractivity contribution in [2.45, 2.75) is 19.3 Å². The van der Waals surface area contributed by atoms with E-state index >= 15 is 0 Å². The van der Waals surface area contributed by atoms with E-state index in [1.807, 2.05) is 0 Å². The molecule has 300 valence electrons. The van der Waals surface area contributed by atoms with Gasteiger partial charge < -0.3 is 13.7 Å². The van der Waals surface area contributed by atoms with Gasteiger partial charge in [0.05, 0.1) is 33.1 Å². The molecule has 2 aliphatic carbocycles. The molecule has 0 amide bonds. The summed E-state index contributed by atoms with van der Waals surface area (Å²) in [6.07, 6.45) is 8.08. The Balaban J connectivity index is 0.972. The Morgan fingerprint density at radius 2 is 0.750 bits per heavy atom. The molecule has 0 radical (unpaired) electrons. The summed E-state index contributed by atoms with van der Waals surface area (Å²) in [7, 11) is 0. The molecule has 0 saturated carbocycles. The highest BCUT2D eigenvalue weighted by Crippen LogP contribution is 2.43. The average molecular weight is 816 g/mol. The van der Waals surface area contributed by atoms with Gasteiger partial charge in [-0.2, -0.15) is 0 Å². The van der Waals surface area contributed by atoms with E-state index in [2.05, 4.69) is 226 Å². The van der Waals surface area contributed by atoms with Crippen LogP contribution in [0, 0.1) is 0 Å². The molecule has 0 bridgehead atoms. The first kappa shape index (κ1) is 35.5. The van der Waals surface area contributed by atoms with E-state index in [0.717, 1.165) is 19.3 Å². The maximum Gasteiger partial charge on any atom is 0.0541 e. The number of benzene rings is 9. The molecule has 0 N–H and O–H groups in total. The van der Waals surface area contributed by atoms with Crippen molar-refractivity contribution in [1.29, 1.82) is 0 Å². The summed E-state index contributed by atoms with van der Waals surface area (Å²) in [6, 6.07) is 74.4. The fourth-order valence-corrected chi connectivity index (χ4v) is 11.2. The summed E-state index contributed by atoms with van der Waals surface area (Å²) < 4.78 is 7.28. The predicted octanol–water partition coefficient (Wildman–Crippen LogP) is 16.0. The van der Waals surface area contributed by atoms with Crippen molar-refractivity contribution in [2.24, 2.45) is 0 Å². The molecule has 0 atom stereocenters. The maximum atomic E-state index is 2.50. The second kappa shape index (κ2) is 13.7. The Hall–Kier alpha value is -8.14. The molecule has 0 unspecified atom stereocenters. The van der Waals surface area contributed by atoms with Gasteiger partial charge in [-0.25, -0.2) is 0 Å². The normalized spacial score (nSPS) is 13.6. The number of hydrogen-bond donors (Lipinski definition) is 0. The summed E-state index contributed by atoms with van der Waals surface area (Å²) in [6.45, 7) is 0. The van der Waals surface area contributed by atoms with Crippen LogP contribution in [-0.4, -0.2) is 13.7 Å². The fraction of sp³-hybridized carbons (Fsp3) is 0.0492. The van der Waals surface area contributed by atoms with Crippen LogP contribution in [0.25, 0.3) is 110 Å². The first-order chi connectivity index (χ1) is 31.7. The number of hydrogen-bond acceptors (Lipinski definition) is 0. The van der Waals surface area contributed by atoms with Gasteiger partial charge in [0, 0.05) is 49.4 Å². The van der Waals surface area contributed by atoms with Gasteiger partial charge in [0.25, 0.3) is 0 Å². The third kappa shape index (κ3) is 5.22. The van der Waals surface area contributed by atoms with Gasteiger partial charge in [-0.1, -0.05) is 121 Å². The first-order valence-electron chi connectivity index (χ1n) is 22.5. The van der Waals surface area contributed by atoms with Crippen LogP contribution in [0.1, 0.15) is 24.0 Å². The van der Waals surface area contributed by atoms with Crippen molar-refractivity contribution in [3.63, 3.8) is 0 Å². The lowest BCUT2D eigenvalue weighted by molar-refractivity contribution is 0.935. The Labute approximate surface area is 370 Å². The Morgan fingerprint density at radius 3 is 1.25 bits per heavy atom. The second-order valence-electron chi connectivity index (χ2n) is 17.6. The van der Waals surface area contributed by atoms with Crippen LogP contribution in [0.4, 0.5) is 0 Å². The number of para-hydroxylation sites is 4. The molecule has 12 aromatic rings. The van der Waals surface area contributed by atoms with Crippen LogP contribution in [-0.2, 0) is 6.42 Å². The zero-order valence-corrected chi connectivity index (χ0v) is 35.2. The highest BCUT2D eigenvalue weighted by atomic mass is 15.0. The summed E-state index contributed by atoms with van der Waals surface area (Å²) >= 11 is 0. The van der Waals surface area contributed by atoms with Crippen molar-refractivity contribution in [3.8, 4) is 39.3 Å². The van der Waals surface area contributed by atoms with Crippen LogP contribution >= 0.6 is 0 Å². The minimum Gasteiger partial charge on any atom is -0.309 e. The molecule has 3 aromatic heterocycles. The molecule has 3 heterocycles. The summed E-state index contributed by atoms with van der Waals surface area (Å²) in [5.74, 6) is 0. The lowest BCUT2D eigenvalue weighted by Gasteiger charge is -2.12. The zero-order chi connectivity index (χ0) is 41.9. The molecule has 3 nitrogen and oxygen atoms in total. The maximum absolute atomic E-state index is 2.50. The summed E-state index contributed by atoms with van der Waals surface area (Å²) in [5.41, 5.74) is 21.5. The molecule has 9 aromatic carbocycles. The summed E-state index contributed by atoms with van der Waals surface area (Å²) in [4.78, 5) is 0. The van der Waals surface area contributed by atoms with Crippen molar-refractivity contribution < 1.29 is 0 Å². The van der Waals surface area contributed by atoms with Crippen LogP contribution < -0.4 is 0 Å². The van der Waals surface area contributed by atoms with Gasteiger partial charge in [0.2, 0.25) is 0 Å². The van der Waals surface area contributed by atoms with Gasteiger partial charge in [-0.05, 0) is 155 Å². The Bertz CT molecular complexity index is 3750. The molecular formula is C61H41N3. The highest BCUT2D eigenvalue weighted by Gasteiger charge is 2.24.